The molecule has 0 aliphatic carbocycles. The van der Waals surface area contributed by atoms with E-state index in [2.05, 4.69) is 28.2 Å². The van der Waals surface area contributed by atoms with E-state index in [-0.39, 0.29) is 11.9 Å². The third-order valence-electron chi connectivity index (χ3n) is 4.98. The van der Waals surface area contributed by atoms with Crippen molar-refractivity contribution in [1.82, 2.24) is 24.6 Å². The Labute approximate surface area is 147 Å². The highest BCUT2D eigenvalue weighted by molar-refractivity contribution is 5.94. The molecule has 2 atom stereocenters. The summed E-state index contributed by atoms with van der Waals surface area (Å²) in [5.74, 6) is 0.294. The fourth-order valence-electron chi connectivity index (χ4n) is 3.81. The Hall–Kier alpha value is -2.59. The van der Waals surface area contributed by atoms with Crippen molar-refractivity contribution in [3.8, 4) is 6.07 Å². The van der Waals surface area contributed by atoms with Crippen LogP contribution >= 0.6 is 0 Å². The van der Waals surface area contributed by atoms with E-state index in [0.717, 1.165) is 19.4 Å². The molecule has 0 spiro atoms. The van der Waals surface area contributed by atoms with Gasteiger partial charge in [-0.1, -0.05) is 0 Å². The van der Waals surface area contributed by atoms with Gasteiger partial charge in [0, 0.05) is 44.6 Å². The number of rotatable bonds is 4. The number of piperidine rings is 1. The van der Waals surface area contributed by atoms with Gasteiger partial charge in [0.2, 0.25) is 0 Å². The maximum absolute atomic E-state index is 12.6. The van der Waals surface area contributed by atoms with Crippen LogP contribution in [0.3, 0.4) is 0 Å². The average Bonchev–Trinajstić information content (AvgIpc) is 3.23. The van der Waals surface area contributed by atoms with Crippen LogP contribution in [-0.2, 0) is 7.05 Å². The monoisotopic (exact) mass is 340 g/mol. The van der Waals surface area contributed by atoms with Gasteiger partial charge in [-0.05, 0) is 38.4 Å². The Morgan fingerprint density at radius 3 is 2.96 bits per heavy atom. The van der Waals surface area contributed by atoms with Gasteiger partial charge < -0.3 is 9.88 Å². The van der Waals surface area contributed by atoms with Crippen LogP contribution in [0, 0.1) is 17.2 Å². The third-order valence-corrected chi connectivity index (χ3v) is 4.98. The number of nitriles is 1. The molecular formula is C18H24N6O. The second-order valence-electron chi connectivity index (χ2n) is 6.87. The van der Waals surface area contributed by atoms with Crippen LogP contribution in [0.2, 0.25) is 0 Å². The minimum atomic E-state index is -0.0593. The molecule has 1 amide bonds. The summed E-state index contributed by atoms with van der Waals surface area (Å²) in [5.41, 5.74) is 2.13. The molecule has 7 nitrogen and oxygen atoms in total. The molecule has 132 valence electrons. The van der Waals surface area contributed by atoms with Crippen molar-refractivity contribution in [2.45, 2.75) is 18.9 Å². The zero-order valence-corrected chi connectivity index (χ0v) is 14.9. The first kappa shape index (κ1) is 17.2. The lowest BCUT2D eigenvalue weighted by atomic mass is 9.85. The minimum Gasteiger partial charge on any atom is -0.352 e. The highest BCUT2D eigenvalue weighted by Crippen LogP contribution is 2.35. The van der Waals surface area contributed by atoms with Gasteiger partial charge in [0.05, 0.1) is 11.8 Å². The summed E-state index contributed by atoms with van der Waals surface area (Å²) < 4.78 is 1.83. The molecule has 1 saturated heterocycles. The third kappa shape index (κ3) is 3.59. The van der Waals surface area contributed by atoms with Crippen molar-refractivity contribution in [1.29, 1.82) is 5.26 Å². The summed E-state index contributed by atoms with van der Waals surface area (Å²) in [6.45, 7) is 1.73. The normalized spacial score (nSPS) is 21.0. The fraction of sp³-hybridized carbons (Fsp3) is 0.500. The summed E-state index contributed by atoms with van der Waals surface area (Å²) in [5, 5.41) is 13.2. The molecule has 1 fully saturated rings. The number of hydrogen-bond acceptors (Lipinski definition) is 4. The first-order chi connectivity index (χ1) is 12.0. The molecule has 3 rings (SSSR count). The number of nitrogens with one attached hydrogen (secondary N) is 1. The fourth-order valence-corrected chi connectivity index (χ4v) is 3.81. The van der Waals surface area contributed by atoms with E-state index in [9.17, 15) is 4.79 Å². The minimum absolute atomic E-state index is 0.0593. The predicted molar refractivity (Wildman–Crippen MR) is 93.8 cm³/mol. The predicted octanol–water partition coefficient (Wildman–Crippen LogP) is 1.77. The van der Waals surface area contributed by atoms with Gasteiger partial charge in [0.15, 0.2) is 0 Å². The second kappa shape index (κ2) is 7.11. The molecule has 0 aromatic carbocycles. The quantitative estimate of drug-likeness (QED) is 0.920. The van der Waals surface area contributed by atoms with Crippen molar-refractivity contribution in [3.05, 3.63) is 41.5 Å². The number of aryl methyl sites for hydroxylation is 1. The Bertz CT molecular complexity index is 786. The molecule has 0 radical (unpaired) electrons. The number of aromatic nitrogens is 3. The molecule has 2 aromatic rings. The number of nitrogens with zero attached hydrogens (tertiary/aromatic N) is 5. The molecule has 3 heterocycles. The van der Waals surface area contributed by atoms with Gasteiger partial charge in [-0.3, -0.25) is 14.4 Å². The van der Waals surface area contributed by atoms with Gasteiger partial charge in [-0.2, -0.15) is 10.4 Å². The van der Waals surface area contributed by atoms with Crippen LogP contribution < -0.4 is 0 Å². The zero-order chi connectivity index (χ0) is 18.0. The topological polar surface area (TPSA) is 81.0 Å². The van der Waals surface area contributed by atoms with Crippen LogP contribution in [0.4, 0.5) is 0 Å². The van der Waals surface area contributed by atoms with Crippen molar-refractivity contribution >= 4 is 5.91 Å². The molecule has 25 heavy (non-hydrogen) atoms. The number of amides is 1. The highest BCUT2D eigenvalue weighted by Gasteiger charge is 2.33. The van der Waals surface area contributed by atoms with Crippen molar-refractivity contribution < 1.29 is 4.79 Å². The number of H-pyrrole nitrogens is 1. The van der Waals surface area contributed by atoms with Gasteiger partial charge in [-0.25, -0.2) is 0 Å². The SMILES string of the molecule is CN(C[C@@H]1CCCN(C)[C@H]1c1cnn(C)c1)C(=O)c1c[nH]c(C#N)c1. The van der Waals surface area contributed by atoms with Crippen molar-refractivity contribution in [2.24, 2.45) is 13.0 Å². The molecular weight excluding hydrogens is 316 g/mol. The maximum atomic E-state index is 12.6. The Balaban J connectivity index is 1.74. The lowest BCUT2D eigenvalue weighted by molar-refractivity contribution is 0.0645. The molecule has 2 aromatic heterocycles. The van der Waals surface area contributed by atoms with E-state index in [0.29, 0.717) is 23.7 Å². The number of likely N-dealkylation sites (tertiary alicyclic amines) is 1. The lowest BCUT2D eigenvalue weighted by Gasteiger charge is -2.40. The molecule has 0 bridgehead atoms. The molecule has 1 N–H and O–H groups in total. The van der Waals surface area contributed by atoms with Crippen molar-refractivity contribution in [2.75, 3.05) is 27.2 Å². The van der Waals surface area contributed by atoms with Crippen LogP contribution in [0.15, 0.2) is 24.7 Å². The van der Waals surface area contributed by atoms with E-state index in [1.165, 1.54) is 5.56 Å². The Morgan fingerprint density at radius 2 is 2.32 bits per heavy atom. The highest BCUT2D eigenvalue weighted by atomic mass is 16.2. The van der Waals surface area contributed by atoms with Gasteiger partial charge in [0.25, 0.3) is 5.91 Å². The summed E-state index contributed by atoms with van der Waals surface area (Å²) in [6, 6.07) is 3.88. The largest absolute Gasteiger partial charge is 0.352 e. The van der Waals surface area contributed by atoms with Crippen LogP contribution in [0.5, 0.6) is 0 Å². The zero-order valence-electron chi connectivity index (χ0n) is 14.9. The summed E-state index contributed by atoms with van der Waals surface area (Å²) in [6.07, 6.45) is 7.79. The average molecular weight is 340 g/mol. The van der Waals surface area contributed by atoms with Gasteiger partial charge >= 0.3 is 0 Å². The summed E-state index contributed by atoms with van der Waals surface area (Å²) in [7, 11) is 5.89. The molecule has 0 unspecified atom stereocenters. The van der Waals surface area contributed by atoms with E-state index in [4.69, 9.17) is 5.26 Å². The Morgan fingerprint density at radius 1 is 1.52 bits per heavy atom. The number of aromatic amines is 1. The summed E-state index contributed by atoms with van der Waals surface area (Å²) in [4.78, 5) is 19.6. The molecule has 1 aliphatic rings. The maximum Gasteiger partial charge on any atom is 0.255 e. The van der Waals surface area contributed by atoms with E-state index >= 15 is 0 Å². The molecule has 1 aliphatic heterocycles. The van der Waals surface area contributed by atoms with E-state index in [1.54, 1.807) is 17.2 Å². The van der Waals surface area contributed by atoms with Crippen LogP contribution in [-0.4, -0.2) is 57.7 Å². The molecule has 0 saturated carbocycles. The summed E-state index contributed by atoms with van der Waals surface area (Å²) >= 11 is 0. The number of carbonyl (C=O) groups is 1. The molecule has 7 heteroatoms. The number of carbonyl (C=O) groups excluding carboxylic acids is 1. The van der Waals surface area contributed by atoms with E-state index < -0.39 is 0 Å². The second-order valence-corrected chi connectivity index (χ2v) is 6.87. The lowest BCUT2D eigenvalue weighted by Crippen LogP contribution is -2.42. The first-order valence-corrected chi connectivity index (χ1v) is 8.52. The number of hydrogen-bond donors (Lipinski definition) is 1. The van der Waals surface area contributed by atoms with Gasteiger partial charge in [-0.15, -0.1) is 0 Å². The van der Waals surface area contributed by atoms with Crippen molar-refractivity contribution in [3.63, 3.8) is 0 Å². The Kier molecular flexibility index (Phi) is 4.91. The standard InChI is InChI=1S/C18H24N6O/c1-22-6-4-5-13(17(22)15-10-21-24(3)12-15)11-23(2)18(25)14-7-16(8-19)20-9-14/h7,9-10,12-13,17,20H,4-6,11H2,1-3H3/t13-,17+/m0/s1. The van der Waals surface area contributed by atoms with Crippen LogP contribution in [0.1, 0.15) is 40.5 Å². The van der Waals surface area contributed by atoms with Gasteiger partial charge in [0.1, 0.15) is 11.8 Å². The van der Waals surface area contributed by atoms with E-state index in [1.807, 2.05) is 31.0 Å². The van der Waals surface area contributed by atoms with Crippen LogP contribution in [0.25, 0.3) is 0 Å². The first-order valence-electron chi connectivity index (χ1n) is 8.52. The smallest absolute Gasteiger partial charge is 0.255 e.